The van der Waals surface area contributed by atoms with Gasteiger partial charge in [-0.3, -0.25) is 9.59 Å². The van der Waals surface area contributed by atoms with Crippen LogP contribution in [0.2, 0.25) is 5.02 Å². The topological polar surface area (TPSA) is 68.5 Å². The van der Waals surface area contributed by atoms with Gasteiger partial charge in [0.1, 0.15) is 16.9 Å². The third kappa shape index (κ3) is 3.29. The molecular formula is C23H22ClNO4. The van der Waals surface area contributed by atoms with E-state index in [9.17, 15) is 9.59 Å². The second-order valence-electron chi connectivity index (χ2n) is 7.79. The number of nitrogens with one attached hydrogen (secondary N) is 1. The monoisotopic (exact) mass is 411 g/mol. The Morgan fingerprint density at radius 2 is 2.00 bits per heavy atom. The molecule has 0 bridgehead atoms. The van der Waals surface area contributed by atoms with E-state index in [1.807, 2.05) is 26.8 Å². The van der Waals surface area contributed by atoms with Gasteiger partial charge in [0.2, 0.25) is 0 Å². The van der Waals surface area contributed by atoms with Gasteiger partial charge in [0.05, 0.1) is 12.0 Å². The molecule has 1 aliphatic rings. The number of fused-ring (bicyclic) bond motifs is 3. The number of ether oxygens (including phenoxy) is 1. The Kier molecular flexibility index (Phi) is 4.66. The molecule has 1 atom stereocenters. The Morgan fingerprint density at radius 3 is 2.72 bits per heavy atom. The number of amides is 1. The molecule has 1 N–H and O–H groups in total. The summed E-state index contributed by atoms with van der Waals surface area (Å²) in [6.45, 7) is 7.61. The van der Waals surface area contributed by atoms with Crippen LogP contribution in [0.15, 0.2) is 34.7 Å². The van der Waals surface area contributed by atoms with Crippen molar-refractivity contribution in [3.8, 4) is 5.75 Å². The van der Waals surface area contributed by atoms with Crippen LogP contribution in [-0.4, -0.2) is 17.3 Å². The van der Waals surface area contributed by atoms with Crippen molar-refractivity contribution in [1.82, 2.24) is 0 Å². The molecule has 3 aromatic rings. The summed E-state index contributed by atoms with van der Waals surface area (Å²) in [7, 11) is 0. The van der Waals surface area contributed by atoms with Crippen molar-refractivity contribution in [2.75, 3.05) is 5.32 Å². The Hall–Kier alpha value is -2.79. The molecule has 0 aliphatic carbocycles. The molecule has 2 aromatic carbocycles. The first-order chi connectivity index (χ1) is 13.7. The van der Waals surface area contributed by atoms with Crippen molar-refractivity contribution < 1.29 is 18.7 Å². The first kappa shape index (κ1) is 19.5. The molecule has 1 aliphatic heterocycles. The van der Waals surface area contributed by atoms with Gasteiger partial charge in [-0.15, -0.1) is 0 Å². The summed E-state index contributed by atoms with van der Waals surface area (Å²) in [5, 5.41) is 4.02. The van der Waals surface area contributed by atoms with Crippen LogP contribution in [0.25, 0.3) is 11.0 Å². The number of halogens is 1. The fraction of sp³-hybridized carbons (Fsp3) is 0.304. The molecule has 0 saturated carbocycles. The summed E-state index contributed by atoms with van der Waals surface area (Å²) in [5.74, 6) is 0.326. The summed E-state index contributed by atoms with van der Waals surface area (Å²) in [5.41, 5.74) is 2.59. The number of ketones is 1. The summed E-state index contributed by atoms with van der Waals surface area (Å²) >= 11 is 6.05. The summed E-state index contributed by atoms with van der Waals surface area (Å²) < 4.78 is 12.0. The van der Waals surface area contributed by atoms with Crippen LogP contribution in [0.3, 0.4) is 0 Å². The van der Waals surface area contributed by atoms with E-state index in [1.165, 1.54) is 0 Å². The zero-order valence-corrected chi connectivity index (χ0v) is 17.6. The highest BCUT2D eigenvalue weighted by Gasteiger charge is 2.37. The van der Waals surface area contributed by atoms with Gasteiger partial charge >= 0.3 is 0 Å². The maximum absolute atomic E-state index is 12.9. The van der Waals surface area contributed by atoms with E-state index >= 15 is 0 Å². The van der Waals surface area contributed by atoms with Crippen LogP contribution in [0.5, 0.6) is 5.75 Å². The number of furan rings is 1. The predicted octanol–water partition coefficient (Wildman–Crippen LogP) is 6.09. The van der Waals surface area contributed by atoms with Gasteiger partial charge in [0, 0.05) is 21.7 Å². The van der Waals surface area contributed by atoms with Crippen LogP contribution >= 0.6 is 11.6 Å². The second-order valence-corrected chi connectivity index (χ2v) is 8.22. The fourth-order valence-electron chi connectivity index (χ4n) is 3.74. The molecule has 5 nitrogen and oxygen atoms in total. The minimum absolute atomic E-state index is 0.00254. The van der Waals surface area contributed by atoms with Crippen LogP contribution < -0.4 is 10.1 Å². The Balaban J connectivity index is 1.77. The van der Waals surface area contributed by atoms with Gasteiger partial charge in [-0.2, -0.15) is 0 Å². The Bertz CT molecular complexity index is 1160. The number of hydrogen-bond acceptors (Lipinski definition) is 4. The van der Waals surface area contributed by atoms with Crippen molar-refractivity contribution in [3.05, 3.63) is 57.8 Å². The molecule has 29 heavy (non-hydrogen) atoms. The molecule has 0 spiro atoms. The van der Waals surface area contributed by atoms with Gasteiger partial charge in [-0.1, -0.05) is 24.6 Å². The first-order valence-electron chi connectivity index (χ1n) is 9.58. The molecular weight excluding hydrogens is 390 g/mol. The molecule has 4 rings (SSSR count). The lowest BCUT2D eigenvalue weighted by molar-refractivity contribution is 0.0503. The molecule has 150 valence electrons. The van der Waals surface area contributed by atoms with Gasteiger partial charge in [0.15, 0.2) is 11.5 Å². The molecule has 0 saturated heterocycles. The van der Waals surface area contributed by atoms with Gasteiger partial charge in [-0.05, 0) is 57.0 Å². The lowest BCUT2D eigenvalue weighted by Crippen LogP contribution is -2.38. The zero-order chi connectivity index (χ0) is 20.9. The van der Waals surface area contributed by atoms with Crippen LogP contribution in [0.1, 0.15) is 58.7 Å². The smallest absolute Gasteiger partial charge is 0.291 e. The maximum atomic E-state index is 12.9. The van der Waals surface area contributed by atoms with Crippen molar-refractivity contribution in [2.24, 2.45) is 0 Å². The summed E-state index contributed by atoms with van der Waals surface area (Å²) in [6.07, 6.45) is 1.02. The molecule has 0 unspecified atom stereocenters. The van der Waals surface area contributed by atoms with Gasteiger partial charge in [0.25, 0.3) is 5.91 Å². The van der Waals surface area contributed by atoms with E-state index in [0.717, 1.165) is 12.0 Å². The standard InChI is InChI=1S/C23H22ClNO4/c1-5-23(4)11-16(26)20-18(29-23)9-8-17-19(20)13(3)21(28-17)22(27)25-15-10-14(24)7-6-12(15)2/h6-10H,5,11H2,1-4H3,(H,25,27)/t23-/m0/s1. The highest BCUT2D eigenvalue weighted by molar-refractivity contribution is 6.31. The van der Waals surface area contributed by atoms with Crippen molar-refractivity contribution in [2.45, 2.75) is 46.1 Å². The molecule has 1 amide bonds. The number of carbonyl (C=O) groups excluding carboxylic acids is 2. The van der Waals surface area contributed by atoms with Crippen molar-refractivity contribution >= 4 is 39.9 Å². The second kappa shape index (κ2) is 6.92. The molecule has 0 fully saturated rings. The largest absolute Gasteiger partial charge is 0.486 e. The van der Waals surface area contributed by atoms with E-state index in [1.54, 1.807) is 31.2 Å². The average Bonchev–Trinajstić information content (AvgIpc) is 3.01. The molecule has 6 heteroatoms. The number of aryl methyl sites for hydroxylation is 2. The Morgan fingerprint density at radius 1 is 1.24 bits per heavy atom. The number of anilines is 1. The third-order valence-electron chi connectivity index (χ3n) is 5.63. The van der Waals surface area contributed by atoms with Crippen molar-refractivity contribution in [3.63, 3.8) is 0 Å². The number of Topliss-reactive ketones (excluding diaryl/α,β-unsaturated/α-hetero) is 1. The lowest BCUT2D eigenvalue weighted by Gasteiger charge is -2.34. The molecule has 0 radical (unpaired) electrons. The van der Waals surface area contributed by atoms with Crippen LogP contribution in [-0.2, 0) is 0 Å². The number of hydrogen-bond donors (Lipinski definition) is 1. The van der Waals surface area contributed by atoms with Crippen molar-refractivity contribution in [1.29, 1.82) is 0 Å². The summed E-state index contributed by atoms with van der Waals surface area (Å²) in [4.78, 5) is 25.8. The van der Waals surface area contributed by atoms with E-state index in [0.29, 0.717) is 45.0 Å². The van der Waals surface area contributed by atoms with E-state index < -0.39 is 5.60 Å². The van der Waals surface area contributed by atoms with Gasteiger partial charge < -0.3 is 14.5 Å². The SMILES string of the molecule is CC[C@@]1(C)CC(=O)c2c(ccc3oc(C(=O)Nc4cc(Cl)ccc4C)c(C)c23)O1. The average molecular weight is 412 g/mol. The highest BCUT2D eigenvalue weighted by atomic mass is 35.5. The number of rotatable bonds is 3. The third-order valence-corrected chi connectivity index (χ3v) is 5.86. The fourth-order valence-corrected chi connectivity index (χ4v) is 3.91. The zero-order valence-electron chi connectivity index (χ0n) is 16.8. The number of benzene rings is 2. The Labute approximate surface area is 174 Å². The quantitative estimate of drug-likeness (QED) is 0.566. The minimum Gasteiger partial charge on any atom is -0.486 e. The van der Waals surface area contributed by atoms with Gasteiger partial charge in [-0.25, -0.2) is 0 Å². The molecule has 2 heterocycles. The normalized spacial score (nSPS) is 18.4. The van der Waals surface area contributed by atoms with E-state index in [2.05, 4.69) is 5.32 Å². The van der Waals surface area contributed by atoms with Crippen LogP contribution in [0.4, 0.5) is 5.69 Å². The van der Waals surface area contributed by atoms with E-state index in [4.69, 9.17) is 20.8 Å². The predicted molar refractivity (Wildman–Crippen MR) is 113 cm³/mol. The minimum atomic E-state index is -0.514. The first-order valence-corrected chi connectivity index (χ1v) is 9.96. The highest BCUT2D eigenvalue weighted by Crippen LogP contribution is 2.41. The number of carbonyl (C=O) groups is 2. The summed E-state index contributed by atoms with van der Waals surface area (Å²) in [6, 6.07) is 8.78. The van der Waals surface area contributed by atoms with Crippen LogP contribution in [0, 0.1) is 13.8 Å². The molecule has 1 aromatic heterocycles. The van der Waals surface area contributed by atoms with E-state index in [-0.39, 0.29) is 17.5 Å². The lowest BCUT2D eigenvalue weighted by atomic mass is 9.87. The maximum Gasteiger partial charge on any atom is 0.291 e.